The SMILES string of the molecule is O=C(C(=O)N1CCN(C(=O)c2ccccc2)CC1)c1c[nH]c2c(-n3ccnn3)ccc(F)c12. The number of hydrogen-bond acceptors (Lipinski definition) is 5. The lowest BCUT2D eigenvalue weighted by Gasteiger charge is -2.34. The second-order valence-electron chi connectivity index (χ2n) is 7.65. The van der Waals surface area contributed by atoms with Gasteiger partial charge < -0.3 is 14.8 Å². The average molecular weight is 446 g/mol. The van der Waals surface area contributed by atoms with Crippen molar-refractivity contribution in [1.82, 2.24) is 29.8 Å². The Balaban J connectivity index is 1.34. The fourth-order valence-corrected chi connectivity index (χ4v) is 4.03. The molecule has 0 unspecified atom stereocenters. The van der Waals surface area contributed by atoms with Gasteiger partial charge in [-0.05, 0) is 24.3 Å². The van der Waals surface area contributed by atoms with Crippen molar-refractivity contribution in [3.8, 4) is 5.69 Å². The van der Waals surface area contributed by atoms with Crippen LogP contribution in [0.1, 0.15) is 20.7 Å². The number of hydrogen-bond donors (Lipinski definition) is 1. The molecular weight excluding hydrogens is 427 g/mol. The highest BCUT2D eigenvalue weighted by atomic mass is 19.1. The predicted octanol–water partition coefficient (Wildman–Crippen LogP) is 2.05. The van der Waals surface area contributed by atoms with Crippen molar-refractivity contribution < 1.29 is 18.8 Å². The van der Waals surface area contributed by atoms with Gasteiger partial charge in [-0.25, -0.2) is 9.07 Å². The van der Waals surface area contributed by atoms with E-state index in [1.54, 1.807) is 35.4 Å². The summed E-state index contributed by atoms with van der Waals surface area (Å²) in [7, 11) is 0. The molecule has 0 aliphatic carbocycles. The van der Waals surface area contributed by atoms with Gasteiger partial charge in [-0.1, -0.05) is 23.4 Å². The third-order valence-electron chi connectivity index (χ3n) is 5.75. The molecule has 9 nitrogen and oxygen atoms in total. The number of fused-ring (bicyclic) bond motifs is 1. The number of amides is 2. The highest BCUT2D eigenvalue weighted by Gasteiger charge is 2.31. The van der Waals surface area contributed by atoms with E-state index in [9.17, 15) is 18.8 Å². The Hall–Kier alpha value is -4.34. The number of carbonyl (C=O) groups is 3. The number of rotatable bonds is 4. The molecule has 2 aromatic heterocycles. The molecular formula is C23H19FN6O3. The Kier molecular flexibility index (Phi) is 5.17. The van der Waals surface area contributed by atoms with Crippen LogP contribution in [0.3, 0.4) is 0 Å². The van der Waals surface area contributed by atoms with Gasteiger partial charge in [0, 0.05) is 43.3 Å². The van der Waals surface area contributed by atoms with Gasteiger partial charge in [-0.3, -0.25) is 14.4 Å². The van der Waals surface area contributed by atoms with Crippen molar-refractivity contribution in [3.63, 3.8) is 0 Å². The van der Waals surface area contributed by atoms with E-state index < -0.39 is 17.5 Å². The van der Waals surface area contributed by atoms with E-state index in [1.165, 1.54) is 34.1 Å². The first-order chi connectivity index (χ1) is 16.0. The van der Waals surface area contributed by atoms with E-state index >= 15 is 0 Å². The number of Topliss-reactive ketones (excluding diaryl/α,β-unsaturated/α-hetero) is 1. The van der Waals surface area contributed by atoms with Gasteiger partial charge in [0.25, 0.3) is 17.6 Å². The molecule has 1 aliphatic heterocycles. The summed E-state index contributed by atoms with van der Waals surface area (Å²) in [5, 5.41) is 7.68. The maximum atomic E-state index is 14.7. The zero-order valence-corrected chi connectivity index (χ0v) is 17.4. The van der Waals surface area contributed by atoms with Crippen molar-refractivity contribution in [3.05, 3.63) is 78.0 Å². The molecule has 4 aromatic rings. The Labute approximate surface area is 187 Å². The van der Waals surface area contributed by atoms with Crippen LogP contribution in [0.25, 0.3) is 16.6 Å². The maximum Gasteiger partial charge on any atom is 0.295 e. The smallest absolute Gasteiger partial charge is 0.295 e. The highest BCUT2D eigenvalue weighted by molar-refractivity contribution is 6.45. The molecule has 0 bridgehead atoms. The van der Waals surface area contributed by atoms with Crippen LogP contribution >= 0.6 is 0 Å². The third-order valence-corrected chi connectivity index (χ3v) is 5.75. The number of ketones is 1. The van der Waals surface area contributed by atoms with Crippen LogP contribution in [0.4, 0.5) is 4.39 Å². The number of carbonyl (C=O) groups excluding carboxylic acids is 3. The first-order valence-electron chi connectivity index (χ1n) is 10.4. The summed E-state index contributed by atoms with van der Waals surface area (Å²) in [5.74, 6) is -2.27. The largest absolute Gasteiger partial charge is 0.359 e. The summed E-state index contributed by atoms with van der Waals surface area (Å²) in [6.07, 6.45) is 4.41. The summed E-state index contributed by atoms with van der Waals surface area (Å²) in [6, 6.07) is 11.6. The number of halogens is 1. The zero-order chi connectivity index (χ0) is 22.9. The first-order valence-corrected chi connectivity index (χ1v) is 10.4. The molecule has 10 heteroatoms. The van der Waals surface area contributed by atoms with Crippen LogP contribution in [0.5, 0.6) is 0 Å². The minimum absolute atomic E-state index is 0.0271. The fourth-order valence-electron chi connectivity index (χ4n) is 4.03. The van der Waals surface area contributed by atoms with Crippen molar-refractivity contribution in [2.45, 2.75) is 0 Å². The summed E-state index contributed by atoms with van der Waals surface area (Å²) < 4.78 is 16.1. The topological polar surface area (TPSA) is 104 Å². The minimum Gasteiger partial charge on any atom is -0.359 e. The summed E-state index contributed by atoms with van der Waals surface area (Å²) in [4.78, 5) is 44.5. The Morgan fingerprint density at radius 1 is 0.939 bits per heavy atom. The van der Waals surface area contributed by atoms with Crippen LogP contribution < -0.4 is 0 Å². The van der Waals surface area contributed by atoms with E-state index in [2.05, 4.69) is 15.3 Å². The fraction of sp³-hybridized carbons (Fsp3) is 0.174. The molecule has 2 amide bonds. The van der Waals surface area contributed by atoms with Crippen LogP contribution in [0.2, 0.25) is 0 Å². The molecule has 0 atom stereocenters. The lowest BCUT2D eigenvalue weighted by molar-refractivity contribution is -0.127. The number of piperazine rings is 1. The van der Waals surface area contributed by atoms with Crippen LogP contribution in [-0.2, 0) is 4.79 Å². The summed E-state index contributed by atoms with van der Waals surface area (Å²) >= 11 is 0. The molecule has 33 heavy (non-hydrogen) atoms. The lowest BCUT2D eigenvalue weighted by Crippen LogP contribution is -2.52. The lowest BCUT2D eigenvalue weighted by atomic mass is 10.1. The standard InChI is InChI=1S/C23H19FN6O3/c24-17-6-7-18(30-9-8-26-27-30)20-19(17)16(14-25-20)21(31)23(33)29-12-10-28(11-13-29)22(32)15-4-2-1-3-5-15/h1-9,14,25H,10-13H2. The number of nitrogens with zero attached hydrogens (tertiary/aromatic N) is 5. The van der Waals surface area contributed by atoms with E-state index in [1.807, 2.05) is 6.07 Å². The van der Waals surface area contributed by atoms with E-state index in [-0.39, 0.29) is 29.9 Å². The van der Waals surface area contributed by atoms with Crippen LogP contribution in [0.15, 0.2) is 61.1 Å². The molecule has 1 N–H and O–H groups in total. The van der Waals surface area contributed by atoms with Crippen molar-refractivity contribution in [2.75, 3.05) is 26.2 Å². The van der Waals surface area contributed by atoms with Crippen molar-refractivity contribution >= 4 is 28.5 Å². The molecule has 3 heterocycles. The Morgan fingerprint density at radius 3 is 2.36 bits per heavy atom. The van der Waals surface area contributed by atoms with Gasteiger partial charge in [0.05, 0.1) is 29.2 Å². The Bertz CT molecular complexity index is 1340. The van der Waals surface area contributed by atoms with E-state index in [0.717, 1.165) is 0 Å². The molecule has 1 fully saturated rings. The Morgan fingerprint density at radius 2 is 1.67 bits per heavy atom. The normalized spacial score (nSPS) is 14.0. The summed E-state index contributed by atoms with van der Waals surface area (Å²) in [6.45, 7) is 1.06. The second-order valence-corrected chi connectivity index (χ2v) is 7.65. The van der Waals surface area contributed by atoms with Gasteiger partial charge >= 0.3 is 0 Å². The van der Waals surface area contributed by atoms with Gasteiger partial charge in [0.15, 0.2) is 0 Å². The number of aromatic nitrogens is 4. The molecule has 2 aromatic carbocycles. The minimum atomic E-state index is -0.807. The number of benzene rings is 2. The summed E-state index contributed by atoms with van der Waals surface area (Å²) in [5.41, 5.74) is 1.38. The van der Waals surface area contributed by atoms with Gasteiger partial charge in [0.2, 0.25) is 0 Å². The number of aromatic amines is 1. The molecule has 0 spiro atoms. The van der Waals surface area contributed by atoms with E-state index in [4.69, 9.17) is 0 Å². The van der Waals surface area contributed by atoms with Crippen LogP contribution in [-0.4, -0.2) is 73.6 Å². The monoisotopic (exact) mass is 446 g/mol. The predicted molar refractivity (Wildman–Crippen MR) is 116 cm³/mol. The zero-order valence-electron chi connectivity index (χ0n) is 17.4. The number of H-pyrrole nitrogens is 1. The van der Waals surface area contributed by atoms with Crippen molar-refractivity contribution in [2.24, 2.45) is 0 Å². The third kappa shape index (κ3) is 3.65. The van der Waals surface area contributed by atoms with Gasteiger partial charge in [0.1, 0.15) is 5.82 Å². The maximum absolute atomic E-state index is 14.7. The van der Waals surface area contributed by atoms with Gasteiger partial charge in [-0.2, -0.15) is 0 Å². The van der Waals surface area contributed by atoms with Crippen LogP contribution in [0, 0.1) is 5.82 Å². The number of nitrogens with one attached hydrogen (secondary N) is 1. The highest BCUT2D eigenvalue weighted by Crippen LogP contribution is 2.27. The molecule has 0 saturated carbocycles. The quantitative estimate of drug-likeness (QED) is 0.382. The van der Waals surface area contributed by atoms with Gasteiger partial charge in [-0.15, -0.1) is 5.10 Å². The molecule has 5 rings (SSSR count). The van der Waals surface area contributed by atoms with E-state index in [0.29, 0.717) is 29.9 Å². The first kappa shape index (κ1) is 20.6. The molecule has 1 aliphatic rings. The van der Waals surface area contributed by atoms with Crippen molar-refractivity contribution in [1.29, 1.82) is 0 Å². The second kappa shape index (κ2) is 8.30. The molecule has 1 saturated heterocycles. The average Bonchev–Trinajstić information content (AvgIpc) is 3.55. The molecule has 0 radical (unpaired) electrons. The molecule has 166 valence electrons.